The highest BCUT2D eigenvalue weighted by Crippen LogP contribution is 2.65. The van der Waals surface area contributed by atoms with Crippen LogP contribution >= 0.6 is 0 Å². The summed E-state index contributed by atoms with van der Waals surface area (Å²) in [4.78, 5) is 8.14. The highest BCUT2D eigenvalue weighted by molar-refractivity contribution is 6.24. The summed E-state index contributed by atoms with van der Waals surface area (Å²) in [5, 5.41) is 5.41. The van der Waals surface area contributed by atoms with Gasteiger partial charge in [0.2, 0.25) is 5.71 Å². The highest BCUT2D eigenvalue weighted by Gasteiger charge is 2.87. The van der Waals surface area contributed by atoms with Crippen LogP contribution in [0.3, 0.4) is 0 Å². The fourth-order valence-corrected chi connectivity index (χ4v) is 14.0. The molecule has 3 fully saturated rings. The number of aryl methyl sites for hydroxylation is 2. The van der Waals surface area contributed by atoms with E-state index < -0.39 is 0 Å². The van der Waals surface area contributed by atoms with Crippen LogP contribution in [-0.2, 0) is 10.8 Å². The van der Waals surface area contributed by atoms with Gasteiger partial charge in [-0.2, -0.15) is 0 Å². The quantitative estimate of drug-likeness (QED) is 0.112. The summed E-state index contributed by atoms with van der Waals surface area (Å²) in [5.74, 6) is 0.842. The van der Waals surface area contributed by atoms with Crippen LogP contribution in [0, 0.1) is 19.8 Å². The first kappa shape index (κ1) is 40.2. The molecule has 62 heavy (non-hydrogen) atoms. The van der Waals surface area contributed by atoms with Gasteiger partial charge in [0, 0.05) is 47.6 Å². The number of aliphatic imine (C=N–C) groups is 1. The van der Waals surface area contributed by atoms with E-state index in [0.717, 1.165) is 5.70 Å². The van der Waals surface area contributed by atoms with Crippen molar-refractivity contribution in [2.75, 3.05) is 7.05 Å². The van der Waals surface area contributed by atoms with Gasteiger partial charge in [0.1, 0.15) is 13.0 Å². The Morgan fingerprint density at radius 2 is 1.55 bits per heavy atom. The van der Waals surface area contributed by atoms with Crippen LogP contribution in [0.4, 0.5) is 0 Å². The summed E-state index contributed by atoms with van der Waals surface area (Å²) < 4.78 is 5.86. The number of benzene rings is 4. The molecule has 2 aliphatic heterocycles. The Hall–Kier alpha value is -4.57. The molecule has 0 bridgehead atoms. The van der Waals surface area contributed by atoms with Gasteiger partial charge in [0.25, 0.3) is 6.04 Å². The Labute approximate surface area is 371 Å². The van der Waals surface area contributed by atoms with E-state index in [9.17, 15) is 0 Å². The van der Waals surface area contributed by atoms with Crippen molar-refractivity contribution < 1.29 is 9.15 Å². The third-order valence-electron chi connectivity index (χ3n) is 17.2. The molecule has 320 valence electrons. The molecular formula is C58H70N4+2. The maximum atomic E-state index is 5.09. The highest BCUT2D eigenvalue weighted by atomic mass is 15.5. The predicted molar refractivity (Wildman–Crippen MR) is 262 cm³/mol. The zero-order valence-electron chi connectivity index (χ0n) is 39.1. The molecule has 0 aromatic heterocycles. The molecule has 4 aromatic carbocycles. The van der Waals surface area contributed by atoms with E-state index >= 15 is 0 Å². The zero-order valence-corrected chi connectivity index (χ0v) is 39.1. The molecule has 2 heterocycles. The Balaban J connectivity index is 1.21. The van der Waals surface area contributed by atoms with Gasteiger partial charge >= 0.3 is 5.66 Å². The Kier molecular flexibility index (Phi) is 9.39. The average Bonchev–Trinajstić information content (AvgIpc) is 3.90. The summed E-state index contributed by atoms with van der Waals surface area (Å²) in [7, 11) is 2.48. The second kappa shape index (κ2) is 14.5. The molecule has 5 aliphatic carbocycles. The molecule has 0 saturated heterocycles. The van der Waals surface area contributed by atoms with Gasteiger partial charge in [-0.15, -0.1) is 0 Å². The molecule has 4 aromatic rings. The monoisotopic (exact) mass is 823 g/mol. The second-order valence-electron chi connectivity index (χ2n) is 22.1. The van der Waals surface area contributed by atoms with Crippen molar-refractivity contribution in [3.63, 3.8) is 0 Å². The number of hydrogen-bond donors (Lipinski definition) is 0. The van der Waals surface area contributed by atoms with E-state index in [4.69, 9.17) is 4.99 Å². The van der Waals surface area contributed by atoms with E-state index in [1.165, 1.54) is 155 Å². The van der Waals surface area contributed by atoms with Crippen molar-refractivity contribution in [2.45, 2.75) is 172 Å². The van der Waals surface area contributed by atoms with Crippen LogP contribution in [0.1, 0.15) is 163 Å². The smallest absolute Gasteiger partial charge is 0.309 e. The number of nitrogens with zero attached hydrogens (tertiary/aromatic N) is 4. The van der Waals surface area contributed by atoms with Crippen LogP contribution in [0.5, 0.6) is 0 Å². The molecule has 11 rings (SSSR count). The van der Waals surface area contributed by atoms with Gasteiger partial charge in [0.05, 0.1) is 16.8 Å². The summed E-state index contributed by atoms with van der Waals surface area (Å²) in [6.45, 7) is 21.0. The largest absolute Gasteiger partial charge is 0.315 e. The number of rotatable bonds is 5. The van der Waals surface area contributed by atoms with E-state index in [-0.39, 0.29) is 22.5 Å². The molecule has 4 heteroatoms. The van der Waals surface area contributed by atoms with E-state index in [2.05, 4.69) is 155 Å². The van der Waals surface area contributed by atoms with Crippen molar-refractivity contribution in [1.29, 1.82) is 0 Å². The molecule has 0 N–H and O–H groups in total. The Bertz CT molecular complexity index is 2710. The van der Waals surface area contributed by atoms with Gasteiger partial charge in [-0.05, 0) is 120 Å². The van der Waals surface area contributed by atoms with Crippen molar-refractivity contribution in [3.05, 3.63) is 123 Å². The van der Waals surface area contributed by atoms with Crippen molar-refractivity contribution >= 4 is 45.9 Å². The van der Waals surface area contributed by atoms with Crippen LogP contribution in [0.2, 0.25) is 0 Å². The molecule has 1 spiro atoms. The lowest BCUT2D eigenvalue weighted by Gasteiger charge is -2.42. The van der Waals surface area contributed by atoms with Gasteiger partial charge < -0.3 is 4.90 Å². The summed E-state index contributed by atoms with van der Waals surface area (Å²) in [5.41, 5.74) is 14.6. The minimum atomic E-state index is -0.321. The molecular weight excluding hydrogens is 753 g/mol. The Morgan fingerprint density at radius 3 is 2.26 bits per heavy atom. The average molecular weight is 823 g/mol. The maximum absolute atomic E-state index is 5.09. The normalized spacial score (nSPS) is 27.4. The molecule has 4 nitrogen and oxygen atoms in total. The standard InChI is InChI=1S/C58H70N4/c1-36-25-26-39-27-31-47-50(48(39)37(36)2)57(6,7)52(53(47)59-8)54-49-45-32-29-42(56(3,4)5)33-40(45)28-30-46(49)51-55(60(54)9)58(51)61(43-21-15-11-16-22-43)34-41(38-19-13-10-14-20-38)35-62(58)44-23-17-12-18-24-44/h13,19,25-35,38,43-44,51,55H,8,10-12,14-18,20-24H2,1-7,9H3/q+2. The zero-order chi connectivity index (χ0) is 42.9. The number of hydrogen-bond acceptors (Lipinski definition) is 2. The molecule has 0 radical (unpaired) electrons. The SMILES string of the molecule is C=NC1=C(C2=[N+](C)C3C(c4ccc5cc(C(C)(C)C)ccc5c42)C32N(C3CCCCC3)C=C(C3C=CCCC3)C=[N+]2C2CCCCC2)C(C)(C)c2c1ccc1ccc(C)c(C)c21. The van der Waals surface area contributed by atoms with E-state index in [0.29, 0.717) is 23.9 Å². The number of likely N-dealkylation sites (N-methyl/N-ethyl adjacent to an activating group) is 1. The molecule has 0 amide bonds. The van der Waals surface area contributed by atoms with Crippen LogP contribution in [0.25, 0.3) is 27.2 Å². The number of allylic oxidation sites excluding steroid dienone is 4. The minimum absolute atomic E-state index is 0.0597. The topological polar surface area (TPSA) is 21.6 Å². The molecule has 4 atom stereocenters. The first-order valence-corrected chi connectivity index (χ1v) is 24.6. The predicted octanol–water partition coefficient (Wildman–Crippen LogP) is 13.2. The summed E-state index contributed by atoms with van der Waals surface area (Å²) in [6.07, 6.45) is 27.4. The van der Waals surface area contributed by atoms with Crippen LogP contribution in [0.15, 0.2) is 89.1 Å². The van der Waals surface area contributed by atoms with Crippen molar-refractivity contribution in [3.8, 4) is 0 Å². The first-order chi connectivity index (χ1) is 29.9. The van der Waals surface area contributed by atoms with Crippen LogP contribution in [-0.4, -0.2) is 63.5 Å². The lowest BCUT2D eigenvalue weighted by molar-refractivity contribution is -0.668. The maximum Gasteiger partial charge on any atom is 0.315 e. The lowest BCUT2D eigenvalue weighted by Crippen LogP contribution is -2.58. The van der Waals surface area contributed by atoms with Gasteiger partial charge in [-0.1, -0.05) is 127 Å². The van der Waals surface area contributed by atoms with Crippen LogP contribution < -0.4 is 0 Å². The Morgan fingerprint density at radius 1 is 0.823 bits per heavy atom. The third-order valence-corrected chi connectivity index (χ3v) is 17.2. The minimum Gasteiger partial charge on any atom is -0.309 e. The summed E-state index contributed by atoms with van der Waals surface area (Å²) in [6, 6.07) is 23.1. The van der Waals surface area contributed by atoms with Gasteiger partial charge in [-0.25, -0.2) is 9.15 Å². The molecule has 4 unspecified atom stereocenters. The fourth-order valence-electron chi connectivity index (χ4n) is 14.0. The lowest BCUT2D eigenvalue weighted by atomic mass is 9.73. The van der Waals surface area contributed by atoms with Crippen molar-refractivity contribution in [1.82, 2.24) is 4.90 Å². The van der Waals surface area contributed by atoms with E-state index in [1.807, 2.05) is 0 Å². The van der Waals surface area contributed by atoms with Gasteiger partial charge in [0.15, 0.2) is 12.3 Å². The molecule has 3 saturated carbocycles. The number of fused-ring (bicyclic) bond motifs is 10. The third kappa shape index (κ3) is 5.72. The van der Waals surface area contributed by atoms with E-state index in [1.54, 1.807) is 5.57 Å². The second-order valence-corrected chi connectivity index (χ2v) is 22.1. The van der Waals surface area contributed by atoms with Gasteiger partial charge in [-0.3, -0.25) is 4.99 Å². The summed E-state index contributed by atoms with van der Waals surface area (Å²) >= 11 is 0. The van der Waals surface area contributed by atoms with Crippen molar-refractivity contribution in [2.24, 2.45) is 10.9 Å². The molecule has 7 aliphatic rings. The first-order valence-electron chi connectivity index (χ1n) is 24.6. The fraction of sp³-hybridized carbons (Fsp3) is 0.500.